The summed E-state index contributed by atoms with van der Waals surface area (Å²) in [5.74, 6) is 0. The molecule has 1 N–H and O–H groups in total. The molecule has 1 heterocycles. The summed E-state index contributed by atoms with van der Waals surface area (Å²) in [6.07, 6.45) is 1.47. The van der Waals surface area contributed by atoms with E-state index in [0.717, 1.165) is 39.2 Å². The number of nitrogens with one attached hydrogen (secondary N) is 1. The van der Waals surface area contributed by atoms with Gasteiger partial charge < -0.3 is 15.0 Å². The number of benzene rings is 1. The Bertz CT molecular complexity index is 367. The number of hydrogen-bond acceptors (Lipinski definition) is 3. The third kappa shape index (κ3) is 4.35. The van der Waals surface area contributed by atoms with Gasteiger partial charge in [0.05, 0.1) is 12.7 Å². The van der Waals surface area contributed by atoms with Gasteiger partial charge in [0, 0.05) is 30.7 Å². The highest BCUT2D eigenvalue weighted by Crippen LogP contribution is 2.17. The number of hydrogen-bond donors (Lipinski definition) is 1. The quantitative estimate of drug-likeness (QED) is 0.902. The number of ether oxygens (including phenoxy) is 1. The van der Waals surface area contributed by atoms with Gasteiger partial charge >= 0.3 is 0 Å². The fourth-order valence-corrected chi connectivity index (χ4v) is 2.58. The number of rotatable bonds is 5. The molecular weight excluding hydrogens is 292 g/mol. The largest absolute Gasteiger partial charge is 0.376 e. The zero-order valence-corrected chi connectivity index (χ0v) is 12.4. The Morgan fingerprint density at radius 1 is 1.44 bits per heavy atom. The second-order valence-corrected chi connectivity index (χ2v) is 5.67. The molecule has 1 aromatic rings. The van der Waals surface area contributed by atoms with Crippen molar-refractivity contribution in [1.29, 1.82) is 0 Å². The van der Waals surface area contributed by atoms with Crippen molar-refractivity contribution in [2.45, 2.75) is 19.1 Å². The van der Waals surface area contributed by atoms with E-state index in [-0.39, 0.29) is 0 Å². The van der Waals surface area contributed by atoms with E-state index in [1.165, 1.54) is 10.0 Å². The predicted octanol–water partition coefficient (Wildman–Crippen LogP) is 2.26. The van der Waals surface area contributed by atoms with Crippen molar-refractivity contribution in [3.05, 3.63) is 34.3 Å². The molecule has 0 spiro atoms. The standard InChI is InChI=1S/C14H21BrN2O/c1-17(8-6-13-10-16-7-9-18-13)11-12-4-2-3-5-14(12)15/h2-5,13,16H,6-11H2,1H3. The highest BCUT2D eigenvalue weighted by Gasteiger charge is 2.14. The molecule has 1 aromatic carbocycles. The monoisotopic (exact) mass is 312 g/mol. The molecule has 1 unspecified atom stereocenters. The molecule has 1 saturated heterocycles. The topological polar surface area (TPSA) is 24.5 Å². The molecule has 0 saturated carbocycles. The SMILES string of the molecule is CN(CCC1CNCCO1)Cc1ccccc1Br. The summed E-state index contributed by atoms with van der Waals surface area (Å²) in [4.78, 5) is 2.35. The van der Waals surface area contributed by atoms with Crippen molar-refractivity contribution >= 4 is 15.9 Å². The smallest absolute Gasteiger partial charge is 0.0712 e. The van der Waals surface area contributed by atoms with Crippen LogP contribution in [0.5, 0.6) is 0 Å². The van der Waals surface area contributed by atoms with Gasteiger partial charge in [-0.1, -0.05) is 34.1 Å². The van der Waals surface area contributed by atoms with Crippen LogP contribution in [-0.2, 0) is 11.3 Å². The Hall–Kier alpha value is -0.420. The number of halogens is 1. The Balaban J connectivity index is 1.74. The lowest BCUT2D eigenvalue weighted by Crippen LogP contribution is -2.40. The van der Waals surface area contributed by atoms with Gasteiger partial charge in [0.15, 0.2) is 0 Å². The molecule has 3 nitrogen and oxygen atoms in total. The van der Waals surface area contributed by atoms with Crippen LogP contribution in [0.15, 0.2) is 28.7 Å². The van der Waals surface area contributed by atoms with Crippen LogP contribution in [0.25, 0.3) is 0 Å². The summed E-state index contributed by atoms with van der Waals surface area (Å²) >= 11 is 3.59. The normalized spacial score (nSPS) is 20.3. The van der Waals surface area contributed by atoms with Gasteiger partial charge in [0.25, 0.3) is 0 Å². The molecule has 100 valence electrons. The van der Waals surface area contributed by atoms with E-state index in [9.17, 15) is 0 Å². The molecule has 0 bridgehead atoms. The Morgan fingerprint density at radius 3 is 3.00 bits per heavy atom. The average molecular weight is 313 g/mol. The van der Waals surface area contributed by atoms with Gasteiger partial charge in [-0.2, -0.15) is 0 Å². The molecular formula is C14H21BrN2O. The minimum Gasteiger partial charge on any atom is -0.376 e. The number of nitrogens with zero attached hydrogens (tertiary/aromatic N) is 1. The molecule has 18 heavy (non-hydrogen) atoms. The molecule has 0 radical (unpaired) electrons. The van der Waals surface area contributed by atoms with Gasteiger partial charge in [0.2, 0.25) is 0 Å². The molecule has 0 amide bonds. The first-order chi connectivity index (χ1) is 8.75. The van der Waals surface area contributed by atoms with Crippen molar-refractivity contribution in [2.75, 3.05) is 33.3 Å². The Labute approximate surface area is 118 Å². The molecule has 0 aromatic heterocycles. The van der Waals surface area contributed by atoms with Crippen LogP contribution < -0.4 is 5.32 Å². The van der Waals surface area contributed by atoms with E-state index in [1.807, 2.05) is 0 Å². The van der Waals surface area contributed by atoms with E-state index in [0.29, 0.717) is 6.10 Å². The van der Waals surface area contributed by atoms with Crippen LogP contribution in [0.4, 0.5) is 0 Å². The van der Waals surface area contributed by atoms with Gasteiger partial charge in [-0.15, -0.1) is 0 Å². The van der Waals surface area contributed by atoms with Crippen molar-refractivity contribution in [2.24, 2.45) is 0 Å². The summed E-state index contributed by atoms with van der Waals surface area (Å²) in [5.41, 5.74) is 1.34. The van der Waals surface area contributed by atoms with Crippen molar-refractivity contribution in [3.63, 3.8) is 0 Å². The average Bonchev–Trinajstić information content (AvgIpc) is 2.40. The fraction of sp³-hybridized carbons (Fsp3) is 0.571. The lowest BCUT2D eigenvalue weighted by atomic mass is 10.2. The molecule has 1 atom stereocenters. The summed E-state index contributed by atoms with van der Waals surface area (Å²) < 4.78 is 6.89. The maximum atomic E-state index is 5.70. The minimum absolute atomic E-state index is 0.375. The maximum Gasteiger partial charge on any atom is 0.0712 e. The van der Waals surface area contributed by atoms with Gasteiger partial charge in [-0.05, 0) is 25.1 Å². The van der Waals surface area contributed by atoms with Crippen LogP contribution in [0, 0.1) is 0 Å². The zero-order chi connectivity index (χ0) is 12.8. The number of morpholine rings is 1. The second kappa shape index (κ2) is 7.24. The van der Waals surface area contributed by atoms with E-state index >= 15 is 0 Å². The molecule has 4 heteroatoms. The van der Waals surface area contributed by atoms with Crippen LogP contribution in [0.2, 0.25) is 0 Å². The van der Waals surface area contributed by atoms with Crippen molar-refractivity contribution < 1.29 is 4.74 Å². The first-order valence-corrected chi connectivity index (χ1v) is 7.29. The lowest BCUT2D eigenvalue weighted by molar-refractivity contribution is 0.0184. The van der Waals surface area contributed by atoms with Crippen LogP contribution in [-0.4, -0.2) is 44.3 Å². The predicted molar refractivity (Wildman–Crippen MR) is 77.7 cm³/mol. The van der Waals surface area contributed by atoms with Gasteiger partial charge in [0.1, 0.15) is 0 Å². The van der Waals surface area contributed by atoms with Gasteiger partial charge in [-0.25, -0.2) is 0 Å². The first kappa shape index (κ1) is 14.0. The summed E-state index contributed by atoms with van der Waals surface area (Å²) in [6, 6.07) is 8.40. The fourth-order valence-electron chi connectivity index (χ4n) is 2.17. The third-order valence-electron chi connectivity index (χ3n) is 3.24. The third-order valence-corrected chi connectivity index (χ3v) is 4.01. The van der Waals surface area contributed by atoms with E-state index in [1.54, 1.807) is 0 Å². The summed E-state index contributed by atoms with van der Waals surface area (Å²) in [6.45, 7) is 4.86. The lowest BCUT2D eigenvalue weighted by Gasteiger charge is -2.26. The Kier molecular flexibility index (Phi) is 5.63. The van der Waals surface area contributed by atoms with Crippen molar-refractivity contribution in [3.8, 4) is 0 Å². The highest BCUT2D eigenvalue weighted by molar-refractivity contribution is 9.10. The van der Waals surface area contributed by atoms with Gasteiger partial charge in [-0.3, -0.25) is 0 Å². The minimum atomic E-state index is 0.375. The highest BCUT2D eigenvalue weighted by atomic mass is 79.9. The van der Waals surface area contributed by atoms with Crippen molar-refractivity contribution in [1.82, 2.24) is 10.2 Å². The van der Waals surface area contributed by atoms with E-state index < -0.39 is 0 Å². The van der Waals surface area contributed by atoms with Crippen LogP contribution >= 0.6 is 15.9 Å². The van der Waals surface area contributed by atoms with Crippen LogP contribution in [0.3, 0.4) is 0 Å². The molecule has 0 aliphatic carbocycles. The summed E-state index contributed by atoms with van der Waals surface area (Å²) in [5, 5.41) is 3.37. The van der Waals surface area contributed by atoms with E-state index in [4.69, 9.17) is 4.74 Å². The van der Waals surface area contributed by atoms with E-state index in [2.05, 4.69) is 57.5 Å². The molecule has 2 rings (SSSR count). The second-order valence-electron chi connectivity index (χ2n) is 4.81. The Morgan fingerprint density at radius 2 is 2.28 bits per heavy atom. The zero-order valence-electron chi connectivity index (χ0n) is 10.9. The first-order valence-electron chi connectivity index (χ1n) is 6.50. The molecule has 1 aliphatic heterocycles. The maximum absolute atomic E-state index is 5.70. The molecule has 1 fully saturated rings. The molecule has 1 aliphatic rings. The van der Waals surface area contributed by atoms with Crippen LogP contribution in [0.1, 0.15) is 12.0 Å². The summed E-state index contributed by atoms with van der Waals surface area (Å²) in [7, 11) is 2.16.